The fourth-order valence-corrected chi connectivity index (χ4v) is 1.90. The Balaban J connectivity index is 3.00. The molecule has 0 aliphatic carbocycles. The molecule has 1 aromatic carbocycles. The Morgan fingerprint density at radius 2 is 2.16 bits per heavy atom. The molecule has 1 aromatic rings. The third-order valence-corrected chi connectivity index (χ3v) is 3.04. The maximum atomic E-state index is 10.9. The van der Waals surface area contributed by atoms with Gasteiger partial charge in [-0.15, -0.1) is 0 Å². The van der Waals surface area contributed by atoms with Crippen LogP contribution in [0.25, 0.3) is 0 Å². The molecule has 0 aliphatic rings. The first-order valence-corrected chi connectivity index (χ1v) is 6.32. The van der Waals surface area contributed by atoms with E-state index in [-0.39, 0.29) is 17.5 Å². The van der Waals surface area contributed by atoms with Crippen LogP contribution >= 0.6 is 0 Å². The van der Waals surface area contributed by atoms with E-state index in [1.165, 1.54) is 13.2 Å². The second-order valence-corrected chi connectivity index (χ2v) is 4.45. The minimum atomic E-state index is -0.639. The van der Waals surface area contributed by atoms with E-state index in [2.05, 4.69) is 6.92 Å². The van der Waals surface area contributed by atoms with Gasteiger partial charge in [0.2, 0.25) is 5.75 Å². The Hall–Kier alpha value is -1.82. The molecule has 0 saturated carbocycles. The molecule has 0 heterocycles. The standard InChI is InChI=1S/C13H20N2O4/c1-3-4-5-6-10(14)9-7-11(15(17)18)13(16)12(8-9)19-2/h7-8,10,16H,3-6,14H2,1-2H3/t10-/m1/s1. The number of phenolic OH excluding ortho intramolecular Hbond substituents is 1. The summed E-state index contributed by atoms with van der Waals surface area (Å²) in [6, 6.07) is 2.58. The highest BCUT2D eigenvalue weighted by atomic mass is 16.6. The number of hydrogen-bond acceptors (Lipinski definition) is 5. The van der Waals surface area contributed by atoms with Crippen molar-refractivity contribution in [1.82, 2.24) is 0 Å². The highest BCUT2D eigenvalue weighted by Crippen LogP contribution is 2.38. The Kier molecular flexibility index (Phi) is 5.57. The summed E-state index contributed by atoms with van der Waals surface area (Å²) in [6.45, 7) is 2.10. The maximum Gasteiger partial charge on any atom is 0.314 e. The molecule has 0 bridgehead atoms. The molecule has 106 valence electrons. The van der Waals surface area contributed by atoms with E-state index in [1.54, 1.807) is 6.07 Å². The van der Waals surface area contributed by atoms with E-state index in [0.29, 0.717) is 5.56 Å². The van der Waals surface area contributed by atoms with E-state index >= 15 is 0 Å². The lowest BCUT2D eigenvalue weighted by atomic mass is 10.00. The summed E-state index contributed by atoms with van der Waals surface area (Å²) in [5.74, 6) is -0.382. The van der Waals surface area contributed by atoms with Gasteiger partial charge in [-0.3, -0.25) is 10.1 Å². The molecule has 0 unspecified atom stereocenters. The summed E-state index contributed by atoms with van der Waals surface area (Å²) in [7, 11) is 1.35. The molecule has 3 N–H and O–H groups in total. The van der Waals surface area contributed by atoms with Crippen LogP contribution in [0.3, 0.4) is 0 Å². The fraction of sp³-hybridized carbons (Fsp3) is 0.538. The van der Waals surface area contributed by atoms with Crippen molar-refractivity contribution >= 4 is 5.69 Å². The number of benzene rings is 1. The van der Waals surface area contributed by atoms with Crippen molar-refractivity contribution in [1.29, 1.82) is 0 Å². The lowest BCUT2D eigenvalue weighted by molar-refractivity contribution is -0.386. The maximum absolute atomic E-state index is 10.9. The fourth-order valence-electron chi connectivity index (χ4n) is 1.90. The second kappa shape index (κ2) is 6.94. The summed E-state index contributed by atoms with van der Waals surface area (Å²) < 4.78 is 4.94. The van der Waals surface area contributed by atoms with Crippen LogP contribution in [-0.2, 0) is 0 Å². The van der Waals surface area contributed by atoms with E-state index in [4.69, 9.17) is 10.5 Å². The van der Waals surface area contributed by atoms with Gasteiger partial charge in [0.15, 0.2) is 5.75 Å². The molecule has 0 spiro atoms. The number of nitrogens with two attached hydrogens (primary N) is 1. The molecular weight excluding hydrogens is 248 g/mol. The quantitative estimate of drug-likeness (QED) is 0.450. The summed E-state index contributed by atoms with van der Waals surface area (Å²) in [6.07, 6.45) is 3.88. The second-order valence-electron chi connectivity index (χ2n) is 4.45. The number of unbranched alkanes of at least 4 members (excludes halogenated alkanes) is 2. The Labute approximate surface area is 112 Å². The Bertz CT molecular complexity index is 449. The average molecular weight is 268 g/mol. The van der Waals surface area contributed by atoms with Crippen LogP contribution in [-0.4, -0.2) is 17.1 Å². The molecule has 0 aliphatic heterocycles. The molecule has 0 amide bonds. The molecule has 19 heavy (non-hydrogen) atoms. The molecular formula is C13H20N2O4. The van der Waals surface area contributed by atoms with Gasteiger partial charge in [0, 0.05) is 12.1 Å². The Morgan fingerprint density at radius 3 is 2.68 bits per heavy atom. The molecule has 0 radical (unpaired) electrons. The van der Waals surface area contributed by atoms with Crippen LogP contribution in [0, 0.1) is 10.1 Å². The van der Waals surface area contributed by atoms with Gasteiger partial charge in [-0.1, -0.05) is 26.2 Å². The van der Waals surface area contributed by atoms with E-state index in [9.17, 15) is 15.2 Å². The van der Waals surface area contributed by atoms with Gasteiger partial charge in [-0.25, -0.2) is 0 Å². The number of nitro benzene ring substituents is 1. The van der Waals surface area contributed by atoms with Crippen molar-refractivity contribution in [2.24, 2.45) is 5.73 Å². The number of hydrogen-bond donors (Lipinski definition) is 2. The zero-order valence-corrected chi connectivity index (χ0v) is 11.3. The number of rotatable bonds is 7. The van der Waals surface area contributed by atoms with E-state index < -0.39 is 10.7 Å². The number of nitrogens with zero attached hydrogens (tertiary/aromatic N) is 1. The van der Waals surface area contributed by atoms with Gasteiger partial charge < -0.3 is 15.6 Å². The predicted octanol–water partition coefficient (Wildman–Crippen LogP) is 2.89. The lowest BCUT2D eigenvalue weighted by Crippen LogP contribution is -2.11. The van der Waals surface area contributed by atoms with Crippen LogP contribution in [0.5, 0.6) is 11.5 Å². The number of nitro groups is 1. The molecule has 0 fully saturated rings. The van der Waals surface area contributed by atoms with E-state index in [1.807, 2.05) is 0 Å². The summed E-state index contributed by atoms with van der Waals surface area (Å²) in [5, 5.41) is 20.5. The van der Waals surface area contributed by atoms with Crippen molar-refractivity contribution in [3.8, 4) is 11.5 Å². The summed E-state index contributed by atoms with van der Waals surface area (Å²) in [4.78, 5) is 10.2. The molecule has 6 heteroatoms. The number of methoxy groups -OCH3 is 1. The minimum Gasteiger partial charge on any atom is -0.500 e. The highest BCUT2D eigenvalue weighted by molar-refractivity contribution is 5.57. The molecule has 1 rings (SSSR count). The van der Waals surface area contributed by atoms with Crippen LogP contribution in [0.2, 0.25) is 0 Å². The molecule has 0 saturated heterocycles. The van der Waals surface area contributed by atoms with Gasteiger partial charge in [-0.2, -0.15) is 0 Å². The Morgan fingerprint density at radius 1 is 1.47 bits per heavy atom. The van der Waals surface area contributed by atoms with Gasteiger partial charge in [0.1, 0.15) is 0 Å². The summed E-state index contributed by atoms with van der Waals surface area (Å²) in [5.41, 5.74) is 6.25. The normalized spacial score (nSPS) is 12.2. The van der Waals surface area contributed by atoms with Crippen molar-refractivity contribution in [3.05, 3.63) is 27.8 Å². The first-order chi connectivity index (χ1) is 9.01. The zero-order chi connectivity index (χ0) is 14.4. The van der Waals surface area contributed by atoms with Gasteiger partial charge >= 0.3 is 5.69 Å². The van der Waals surface area contributed by atoms with Crippen LogP contribution < -0.4 is 10.5 Å². The molecule has 6 nitrogen and oxygen atoms in total. The third kappa shape index (κ3) is 3.82. The first kappa shape index (κ1) is 15.2. The zero-order valence-electron chi connectivity index (χ0n) is 11.3. The summed E-state index contributed by atoms with van der Waals surface area (Å²) >= 11 is 0. The number of ether oxygens (including phenoxy) is 1. The molecule has 0 aromatic heterocycles. The smallest absolute Gasteiger partial charge is 0.314 e. The molecule has 1 atom stereocenters. The topological polar surface area (TPSA) is 98.6 Å². The minimum absolute atomic E-state index is 0.0788. The van der Waals surface area contributed by atoms with Crippen molar-refractivity contribution in [2.45, 2.75) is 38.6 Å². The van der Waals surface area contributed by atoms with Gasteiger partial charge in [0.25, 0.3) is 0 Å². The average Bonchev–Trinajstić information content (AvgIpc) is 2.38. The lowest BCUT2D eigenvalue weighted by Gasteiger charge is -2.13. The van der Waals surface area contributed by atoms with Gasteiger partial charge in [0.05, 0.1) is 12.0 Å². The highest BCUT2D eigenvalue weighted by Gasteiger charge is 2.21. The largest absolute Gasteiger partial charge is 0.500 e. The first-order valence-electron chi connectivity index (χ1n) is 6.32. The monoisotopic (exact) mass is 268 g/mol. The van der Waals surface area contributed by atoms with Crippen molar-refractivity contribution in [2.75, 3.05) is 7.11 Å². The number of aromatic hydroxyl groups is 1. The van der Waals surface area contributed by atoms with Crippen molar-refractivity contribution < 1.29 is 14.8 Å². The van der Waals surface area contributed by atoms with Crippen LogP contribution in [0.15, 0.2) is 12.1 Å². The third-order valence-electron chi connectivity index (χ3n) is 3.04. The van der Waals surface area contributed by atoms with E-state index in [0.717, 1.165) is 25.7 Å². The van der Waals surface area contributed by atoms with Crippen LogP contribution in [0.4, 0.5) is 5.69 Å². The van der Waals surface area contributed by atoms with Gasteiger partial charge in [-0.05, 0) is 18.1 Å². The van der Waals surface area contributed by atoms with Crippen LogP contribution in [0.1, 0.15) is 44.2 Å². The predicted molar refractivity (Wildman–Crippen MR) is 72.4 cm³/mol. The van der Waals surface area contributed by atoms with Crippen molar-refractivity contribution in [3.63, 3.8) is 0 Å². The number of phenols is 1. The SMILES string of the molecule is CCCCC[C@@H](N)c1cc(OC)c(O)c([N+](=O)[O-])c1.